The van der Waals surface area contributed by atoms with Gasteiger partial charge in [-0.15, -0.1) is 0 Å². The molecular weight excluding hydrogens is 172 g/mol. The fourth-order valence-corrected chi connectivity index (χ4v) is 1.04. The van der Waals surface area contributed by atoms with Crippen LogP contribution < -0.4 is 0 Å². The quantitative estimate of drug-likeness (QED) is 0.582. The van der Waals surface area contributed by atoms with Gasteiger partial charge in [-0.3, -0.25) is 14.4 Å². The molecule has 1 unspecified atom stereocenters. The summed E-state index contributed by atoms with van der Waals surface area (Å²) >= 11 is 0. The Hall–Kier alpha value is -1.03. The number of hydrogen-bond donors (Lipinski definition) is 0. The van der Waals surface area contributed by atoms with Gasteiger partial charge in [-0.2, -0.15) is 0 Å². The smallest absolute Gasteiger partial charge is 0.179 e. The van der Waals surface area contributed by atoms with E-state index in [1.807, 2.05) is 0 Å². The van der Waals surface area contributed by atoms with Gasteiger partial charge in [0.1, 0.15) is 23.6 Å². The van der Waals surface area contributed by atoms with E-state index in [1.54, 1.807) is 0 Å². The zero-order valence-electron chi connectivity index (χ0n) is 8.29. The van der Waals surface area contributed by atoms with Gasteiger partial charge in [0.15, 0.2) is 5.78 Å². The van der Waals surface area contributed by atoms with Crippen LogP contribution in [-0.2, 0) is 19.1 Å². The van der Waals surface area contributed by atoms with Gasteiger partial charge in [-0.1, -0.05) is 0 Å². The topological polar surface area (TPSA) is 60.4 Å². The van der Waals surface area contributed by atoms with Crippen molar-refractivity contribution in [3.8, 4) is 0 Å². The minimum Gasteiger partial charge on any atom is -0.374 e. The minimum absolute atomic E-state index is 0.429. The third-order valence-electron chi connectivity index (χ3n) is 1.85. The first-order valence-corrected chi connectivity index (χ1v) is 3.99. The summed E-state index contributed by atoms with van der Waals surface area (Å²) in [5, 5.41) is 0. The molecule has 0 rings (SSSR count). The van der Waals surface area contributed by atoms with E-state index in [2.05, 4.69) is 0 Å². The molecule has 0 heterocycles. The third kappa shape index (κ3) is 3.06. The second kappa shape index (κ2) is 4.87. The largest absolute Gasteiger partial charge is 0.374 e. The molecule has 0 saturated heterocycles. The number of methoxy groups -OCH3 is 1. The lowest BCUT2D eigenvalue weighted by atomic mass is 9.93. The SMILES string of the molecule is COC(C)C(=O)C(C(C)=O)C(C)=O. The van der Waals surface area contributed by atoms with Gasteiger partial charge in [0.2, 0.25) is 0 Å². The lowest BCUT2D eigenvalue weighted by molar-refractivity contribution is -0.143. The van der Waals surface area contributed by atoms with Crippen molar-refractivity contribution in [1.82, 2.24) is 0 Å². The van der Waals surface area contributed by atoms with Crippen LogP contribution in [0.25, 0.3) is 0 Å². The zero-order valence-corrected chi connectivity index (χ0v) is 8.29. The molecule has 0 aliphatic carbocycles. The highest BCUT2D eigenvalue weighted by Crippen LogP contribution is 2.07. The van der Waals surface area contributed by atoms with E-state index in [-0.39, 0.29) is 0 Å². The van der Waals surface area contributed by atoms with Gasteiger partial charge in [0.05, 0.1) is 0 Å². The van der Waals surface area contributed by atoms with E-state index in [4.69, 9.17) is 4.74 Å². The summed E-state index contributed by atoms with van der Waals surface area (Å²) in [6.07, 6.45) is -0.710. The Morgan fingerprint density at radius 3 is 1.69 bits per heavy atom. The van der Waals surface area contributed by atoms with Gasteiger partial charge >= 0.3 is 0 Å². The third-order valence-corrected chi connectivity index (χ3v) is 1.85. The molecule has 0 saturated carbocycles. The summed E-state index contributed by atoms with van der Waals surface area (Å²) in [6, 6.07) is 0. The van der Waals surface area contributed by atoms with E-state index >= 15 is 0 Å². The number of carbonyl (C=O) groups excluding carboxylic acids is 3. The van der Waals surface area contributed by atoms with Crippen molar-refractivity contribution in [3.05, 3.63) is 0 Å². The van der Waals surface area contributed by atoms with Crippen molar-refractivity contribution in [3.63, 3.8) is 0 Å². The Bertz CT molecular complexity index is 218. The molecule has 1 atom stereocenters. The molecule has 0 aromatic heterocycles. The zero-order chi connectivity index (χ0) is 10.6. The van der Waals surface area contributed by atoms with E-state index in [1.165, 1.54) is 27.9 Å². The Labute approximate surface area is 77.3 Å². The van der Waals surface area contributed by atoms with Crippen molar-refractivity contribution in [2.24, 2.45) is 5.92 Å². The number of ketones is 3. The molecule has 0 N–H and O–H groups in total. The standard InChI is InChI=1S/C9H14O4/c1-5(10)8(6(2)11)9(12)7(3)13-4/h7-8H,1-4H3. The summed E-state index contributed by atoms with van der Waals surface area (Å²) in [5.41, 5.74) is 0. The first-order chi connectivity index (χ1) is 5.91. The predicted octanol–water partition coefficient (Wildman–Crippen LogP) is 0.385. The molecule has 74 valence electrons. The van der Waals surface area contributed by atoms with Gasteiger partial charge < -0.3 is 4.74 Å². The highest BCUT2D eigenvalue weighted by Gasteiger charge is 2.31. The lowest BCUT2D eigenvalue weighted by Crippen LogP contribution is -2.36. The molecule has 0 aromatic carbocycles. The average Bonchev–Trinajstić information content (AvgIpc) is 2.01. The first kappa shape index (κ1) is 12.0. The van der Waals surface area contributed by atoms with Crippen LogP contribution in [0.3, 0.4) is 0 Å². The lowest BCUT2D eigenvalue weighted by Gasteiger charge is -2.13. The molecular formula is C9H14O4. The molecule has 0 bridgehead atoms. The van der Waals surface area contributed by atoms with Crippen LogP contribution in [0, 0.1) is 5.92 Å². The van der Waals surface area contributed by atoms with Crippen LogP contribution in [0.15, 0.2) is 0 Å². The van der Waals surface area contributed by atoms with Crippen molar-refractivity contribution >= 4 is 17.3 Å². The number of Topliss-reactive ketones (excluding diaryl/α,β-unsaturated/α-hetero) is 3. The van der Waals surface area contributed by atoms with Gasteiger partial charge in [0.25, 0.3) is 0 Å². The van der Waals surface area contributed by atoms with E-state index < -0.39 is 29.4 Å². The number of ether oxygens (including phenoxy) is 1. The van der Waals surface area contributed by atoms with Gasteiger partial charge in [0, 0.05) is 7.11 Å². The fourth-order valence-electron chi connectivity index (χ4n) is 1.04. The molecule has 0 fully saturated rings. The van der Waals surface area contributed by atoms with Crippen molar-refractivity contribution < 1.29 is 19.1 Å². The van der Waals surface area contributed by atoms with E-state index in [0.717, 1.165) is 0 Å². The molecule has 0 amide bonds. The Balaban J connectivity index is 4.66. The molecule has 13 heavy (non-hydrogen) atoms. The Kier molecular flexibility index (Phi) is 4.48. The Morgan fingerprint density at radius 2 is 1.46 bits per heavy atom. The van der Waals surface area contributed by atoms with Crippen LogP contribution in [0.4, 0.5) is 0 Å². The van der Waals surface area contributed by atoms with Gasteiger partial charge in [-0.05, 0) is 20.8 Å². The highest BCUT2D eigenvalue weighted by molar-refractivity contribution is 6.19. The van der Waals surface area contributed by atoms with Crippen LogP contribution in [-0.4, -0.2) is 30.6 Å². The first-order valence-electron chi connectivity index (χ1n) is 3.99. The second-order valence-corrected chi connectivity index (χ2v) is 2.93. The maximum atomic E-state index is 11.4. The Morgan fingerprint density at radius 1 is 1.08 bits per heavy atom. The number of hydrogen-bond acceptors (Lipinski definition) is 4. The van der Waals surface area contributed by atoms with Crippen LogP contribution >= 0.6 is 0 Å². The molecule has 4 heteroatoms. The normalized spacial score (nSPS) is 12.7. The maximum Gasteiger partial charge on any atom is 0.179 e. The van der Waals surface area contributed by atoms with E-state index in [9.17, 15) is 14.4 Å². The predicted molar refractivity (Wildman–Crippen MR) is 46.3 cm³/mol. The second-order valence-electron chi connectivity index (χ2n) is 2.93. The molecule has 0 aromatic rings. The fraction of sp³-hybridized carbons (Fsp3) is 0.667. The molecule has 0 spiro atoms. The summed E-state index contributed by atoms with van der Waals surface area (Å²) in [6.45, 7) is 3.97. The summed E-state index contributed by atoms with van der Waals surface area (Å²) in [4.78, 5) is 33.3. The summed E-state index contributed by atoms with van der Waals surface area (Å²) in [5.74, 6) is -2.49. The van der Waals surface area contributed by atoms with Gasteiger partial charge in [-0.25, -0.2) is 0 Å². The van der Waals surface area contributed by atoms with Crippen LogP contribution in [0.2, 0.25) is 0 Å². The van der Waals surface area contributed by atoms with Crippen molar-refractivity contribution in [2.75, 3.05) is 7.11 Å². The maximum absolute atomic E-state index is 11.4. The average molecular weight is 186 g/mol. The summed E-state index contributed by atoms with van der Waals surface area (Å²) in [7, 11) is 1.36. The molecule has 0 aliphatic rings. The number of rotatable bonds is 5. The number of carbonyl (C=O) groups is 3. The van der Waals surface area contributed by atoms with E-state index in [0.29, 0.717) is 0 Å². The van der Waals surface area contributed by atoms with Crippen LogP contribution in [0.5, 0.6) is 0 Å². The highest BCUT2D eigenvalue weighted by atomic mass is 16.5. The van der Waals surface area contributed by atoms with Crippen molar-refractivity contribution in [1.29, 1.82) is 0 Å². The summed E-state index contributed by atoms with van der Waals surface area (Å²) < 4.78 is 4.74. The minimum atomic E-state index is -1.16. The molecule has 0 aliphatic heterocycles. The van der Waals surface area contributed by atoms with Crippen molar-refractivity contribution in [2.45, 2.75) is 26.9 Å². The molecule has 4 nitrogen and oxygen atoms in total. The van der Waals surface area contributed by atoms with Crippen LogP contribution in [0.1, 0.15) is 20.8 Å². The monoisotopic (exact) mass is 186 g/mol. The molecule has 0 radical (unpaired) electrons.